The van der Waals surface area contributed by atoms with Gasteiger partial charge in [0.15, 0.2) is 0 Å². The third-order valence-electron chi connectivity index (χ3n) is 3.67. The molecule has 0 spiro atoms. The van der Waals surface area contributed by atoms with Crippen molar-refractivity contribution in [2.45, 2.75) is 18.6 Å². The average Bonchev–Trinajstić information content (AvgIpc) is 2.75. The molecule has 0 unspecified atom stereocenters. The lowest BCUT2D eigenvalue weighted by Gasteiger charge is -2.18. The number of hydrogen-bond acceptors (Lipinski definition) is 2. The van der Waals surface area contributed by atoms with Crippen molar-refractivity contribution < 1.29 is 9.90 Å². The van der Waals surface area contributed by atoms with Crippen molar-refractivity contribution in [1.29, 1.82) is 0 Å². The number of aliphatic hydroxyl groups excluding tert-OH is 1. The Hall–Kier alpha value is -1.17. The Bertz CT molecular complexity index is 702. The standard InChI is InChI=1S/C16H13Br2NO2/c17-10-5-6-12(13(18)8-10)16(21)19-15-11-4-2-1-3-9(11)7-14(15)20/h1-6,8,14-15,20H,7H2,(H,19,21)/t14-,15+/m0/s1. The zero-order valence-electron chi connectivity index (χ0n) is 11.0. The summed E-state index contributed by atoms with van der Waals surface area (Å²) in [6, 6.07) is 12.8. The van der Waals surface area contributed by atoms with Gasteiger partial charge in [0, 0.05) is 15.4 Å². The van der Waals surface area contributed by atoms with Crippen molar-refractivity contribution in [3.8, 4) is 0 Å². The minimum absolute atomic E-state index is 0.199. The molecule has 2 N–H and O–H groups in total. The van der Waals surface area contributed by atoms with Crippen molar-refractivity contribution in [2.24, 2.45) is 0 Å². The molecule has 0 radical (unpaired) electrons. The molecule has 5 heteroatoms. The largest absolute Gasteiger partial charge is 0.390 e. The number of carbonyl (C=O) groups is 1. The molecule has 1 aliphatic rings. The van der Waals surface area contributed by atoms with Crippen molar-refractivity contribution in [1.82, 2.24) is 5.32 Å². The van der Waals surface area contributed by atoms with Gasteiger partial charge in [0.1, 0.15) is 0 Å². The summed E-state index contributed by atoms with van der Waals surface area (Å²) >= 11 is 6.75. The van der Waals surface area contributed by atoms with Crippen LogP contribution < -0.4 is 5.32 Å². The van der Waals surface area contributed by atoms with Gasteiger partial charge in [-0.3, -0.25) is 4.79 Å². The van der Waals surface area contributed by atoms with Gasteiger partial charge in [-0.05, 0) is 45.3 Å². The van der Waals surface area contributed by atoms with E-state index in [9.17, 15) is 9.90 Å². The molecule has 0 saturated carbocycles. The van der Waals surface area contributed by atoms with Gasteiger partial charge >= 0.3 is 0 Å². The Morgan fingerprint density at radius 3 is 2.71 bits per heavy atom. The number of nitrogens with one attached hydrogen (secondary N) is 1. The van der Waals surface area contributed by atoms with Gasteiger partial charge in [0.2, 0.25) is 0 Å². The summed E-state index contributed by atoms with van der Waals surface area (Å²) in [6.07, 6.45) is -0.0108. The second-order valence-electron chi connectivity index (χ2n) is 5.05. The number of hydrogen-bond donors (Lipinski definition) is 2. The Labute approximate surface area is 139 Å². The molecule has 0 fully saturated rings. The fraction of sp³-hybridized carbons (Fsp3) is 0.188. The second kappa shape index (κ2) is 5.91. The van der Waals surface area contributed by atoms with E-state index in [0.29, 0.717) is 12.0 Å². The van der Waals surface area contributed by atoms with Crippen molar-refractivity contribution in [3.63, 3.8) is 0 Å². The highest BCUT2D eigenvalue weighted by molar-refractivity contribution is 9.11. The van der Waals surface area contributed by atoms with E-state index in [2.05, 4.69) is 37.2 Å². The minimum Gasteiger partial charge on any atom is -0.390 e. The van der Waals surface area contributed by atoms with Gasteiger partial charge in [-0.1, -0.05) is 40.2 Å². The van der Waals surface area contributed by atoms with Crippen LogP contribution in [0.15, 0.2) is 51.4 Å². The number of amides is 1. The fourth-order valence-electron chi connectivity index (χ4n) is 2.64. The van der Waals surface area contributed by atoms with Crippen LogP contribution in [0, 0.1) is 0 Å². The zero-order valence-corrected chi connectivity index (χ0v) is 14.2. The Morgan fingerprint density at radius 1 is 1.19 bits per heavy atom. The number of rotatable bonds is 2. The highest BCUT2D eigenvalue weighted by Crippen LogP contribution is 2.32. The molecule has 0 heterocycles. The van der Waals surface area contributed by atoms with E-state index in [1.165, 1.54) is 0 Å². The molecule has 2 atom stereocenters. The van der Waals surface area contributed by atoms with E-state index in [0.717, 1.165) is 20.1 Å². The lowest BCUT2D eigenvalue weighted by atomic mass is 10.1. The van der Waals surface area contributed by atoms with E-state index >= 15 is 0 Å². The number of fused-ring (bicyclic) bond motifs is 1. The highest BCUT2D eigenvalue weighted by Gasteiger charge is 2.32. The van der Waals surface area contributed by atoms with Crippen LogP contribution in [0.25, 0.3) is 0 Å². The van der Waals surface area contributed by atoms with Crippen LogP contribution in [0.4, 0.5) is 0 Å². The lowest BCUT2D eigenvalue weighted by Crippen LogP contribution is -2.34. The number of carbonyl (C=O) groups excluding carboxylic acids is 1. The molecule has 0 aliphatic heterocycles. The third kappa shape index (κ3) is 2.91. The quantitative estimate of drug-likeness (QED) is 0.794. The molecule has 0 bridgehead atoms. The first-order valence-electron chi connectivity index (χ1n) is 6.58. The number of halogens is 2. The molecule has 1 aliphatic carbocycles. The maximum Gasteiger partial charge on any atom is 0.253 e. The molecule has 2 aromatic carbocycles. The molecule has 3 rings (SSSR count). The third-order valence-corrected chi connectivity index (χ3v) is 4.82. The number of benzene rings is 2. The molecule has 108 valence electrons. The summed E-state index contributed by atoms with van der Waals surface area (Å²) in [4.78, 5) is 12.4. The molecule has 0 saturated heterocycles. The predicted molar refractivity (Wildman–Crippen MR) is 88.2 cm³/mol. The Kier molecular flexibility index (Phi) is 4.15. The Balaban J connectivity index is 1.85. The zero-order chi connectivity index (χ0) is 15.0. The van der Waals surface area contributed by atoms with Gasteiger partial charge in [-0.15, -0.1) is 0 Å². The predicted octanol–water partition coefficient (Wildman–Crippen LogP) is 3.60. The van der Waals surface area contributed by atoms with Crippen LogP contribution in [0.3, 0.4) is 0 Å². The van der Waals surface area contributed by atoms with Crippen LogP contribution in [0.1, 0.15) is 27.5 Å². The van der Waals surface area contributed by atoms with Crippen LogP contribution in [0.5, 0.6) is 0 Å². The first-order chi connectivity index (χ1) is 10.1. The average molecular weight is 411 g/mol. The summed E-state index contributed by atoms with van der Waals surface area (Å²) in [6.45, 7) is 0. The van der Waals surface area contributed by atoms with Crippen LogP contribution in [0.2, 0.25) is 0 Å². The molecular weight excluding hydrogens is 398 g/mol. The van der Waals surface area contributed by atoms with E-state index in [1.807, 2.05) is 36.4 Å². The molecule has 2 aromatic rings. The van der Waals surface area contributed by atoms with E-state index in [4.69, 9.17) is 0 Å². The van der Waals surface area contributed by atoms with Gasteiger partial charge in [-0.2, -0.15) is 0 Å². The monoisotopic (exact) mass is 409 g/mol. The lowest BCUT2D eigenvalue weighted by molar-refractivity contribution is 0.0857. The van der Waals surface area contributed by atoms with Crippen molar-refractivity contribution in [3.05, 3.63) is 68.1 Å². The normalized spacial score (nSPS) is 20.1. The van der Waals surface area contributed by atoms with Crippen molar-refractivity contribution in [2.75, 3.05) is 0 Å². The fourth-order valence-corrected chi connectivity index (χ4v) is 3.87. The molecular formula is C16H13Br2NO2. The molecule has 3 nitrogen and oxygen atoms in total. The Morgan fingerprint density at radius 2 is 1.95 bits per heavy atom. The maximum atomic E-state index is 12.4. The summed E-state index contributed by atoms with van der Waals surface area (Å²) in [7, 11) is 0. The number of aliphatic hydroxyl groups is 1. The topological polar surface area (TPSA) is 49.3 Å². The molecule has 1 amide bonds. The van der Waals surface area contributed by atoms with Gasteiger partial charge in [-0.25, -0.2) is 0 Å². The maximum absolute atomic E-state index is 12.4. The minimum atomic E-state index is -0.583. The first-order valence-corrected chi connectivity index (χ1v) is 8.16. The van der Waals surface area contributed by atoms with E-state index in [1.54, 1.807) is 6.07 Å². The molecule has 21 heavy (non-hydrogen) atoms. The van der Waals surface area contributed by atoms with Gasteiger partial charge < -0.3 is 10.4 Å². The van der Waals surface area contributed by atoms with Gasteiger partial charge in [0.05, 0.1) is 17.7 Å². The summed E-state index contributed by atoms with van der Waals surface area (Å²) in [5, 5.41) is 13.1. The van der Waals surface area contributed by atoms with Crippen LogP contribution in [-0.4, -0.2) is 17.1 Å². The second-order valence-corrected chi connectivity index (χ2v) is 6.82. The summed E-state index contributed by atoms with van der Waals surface area (Å²) in [5.41, 5.74) is 2.63. The molecule has 0 aromatic heterocycles. The summed E-state index contributed by atoms with van der Waals surface area (Å²) < 4.78 is 1.62. The first kappa shape index (κ1) is 14.8. The highest BCUT2D eigenvalue weighted by atomic mass is 79.9. The smallest absolute Gasteiger partial charge is 0.253 e. The van der Waals surface area contributed by atoms with Crippen molar-refractivity contribution >= 4 is 37.8 Å². The SMILES string of the molecule is O=C(N[C@@H]1c2ccccc2C[C@@H]1O)c1ccc(Br)cc1Br. The van der Waals surface area contributed by atoms with Gasteiger partial charge in [0.25, 0.3) is 5.91 Å². The summed E-state index contributed by atoms with van der Waals surface area (Å²) in [5.74, 6) is -0.199. The van der Waals surface area contributed by atoms with Crippen LogP contribution >= 0.6 is 31.9 Å². The van der Waals surface area contributed by atoms with E-state index < -0.39 is 6.10 Å². The van der Waals surface area contributed by atoms with E-state index in [-0.39, 0.29) is 11.9 Å². The van der Waals surface area contributed by atoms with Crippen LogP contribution in [-0.2, 0) is 6.42 Å².